The molecule has 1 aliphatic rings. The fraction of sp³-hybridized carbons (Fsp3) is 0.444. The molecule has 0 spiro atoms. The minimum absolute atomic E-state index is 0.282. The van der Waals surface area contributed by atoms with E-state index in [0.717, 1.165) is 18.7 Å². The molecular weight excluding hydrogens is 278 g/mol. The Balaban J connectivity index is 1.91. The third-order valence-corrected chi connectivity index (χ3v) is 5.15. The summed E-state index contributed by atoms with van der Waals surface area (Å²) < 4.78 is 5.34. The van der Waals surface area contributed by atoms with Crippen molar-refractivity contribution in [2.75, 3.05) is 13.7 Å². The summed E-state index contributed by atoms with van der Waals surface area (Å²) >= 11 is 1.77. The molecule has 0 saturated carbocycles. The topological polar surface area (TPSA) is 21.3 Å². The second-order valence-corrected chi connectivity index (χ2v) is 6.60. The summed E-state index contributed by atoms with van der Waals surface area (Å²) in [4.78, 5) is 1.33. The van der Waals surface area contributed by atoms with Crippen LogP contribution in [0.1, 0.15) is 47.4 Å². The fourth-order valence-corrected chi connectivity index (χ4v) is 3.99. The van der Waals surface area contributed by atoms with Gasteiger partial charge in [-0.2, -0.15) is 0 Å². The first-order valence-electron chi connectivity index (χ1n) is 7.79. The van der Waals surface area contributed by atoms with E-state index in [-0.39, 0.29) is 6.04 Å². The summed E-state index contributed by atoms with van der Waals surface area (Å²) in [5, 5.41) is 5.77. The molecule has 1 aliphatic carbocycles. The average molecular weight is 301 g/mol. The molecular formula is C18H23NOS. The van der Waals surface area contributed by atoms with Gasteiger partial charge in [0.25, 0.3) is 0 Å². The number of thiophene rings is 1. The zero-order chi connectivity index (χ0) is 14.7. The first-order valence-corrected chi connectivity index (χ1v) is 8.67. The van der Waals surface area contributed by atoms with Crippen molar-refractivity contribution in [1.82, 2.24) is 5.32 Å². The van der Waals surface area contributed by atoms with E-state index in [1.807, 2.05) is 0 Å². The lowest BCUT2D eigenvalue weighted by molar-refractivity contribution is 0.416. The van der Waals surface area contributed by atoms with E-state index in [9.17, 15) is 0 Å². The van der Waals surface area contributed by atoms with Crippen LogP contribution < -0.4 is 10.1 Å². The molecule has 21 heavy (non-hydrogen) atoms. The number of rotatable bonds is 6. The van der Waals surface area contributed by atoms with E-state index >= 15 is 0 Å². The number of benzene rings is 1. The van der Waals surface area contributed by atoms with Crippen LogP contribution in [0.25, 0.3) is 0 Å². The summed E-state index contributed by atoms with van der Waals surface area (Å²) in [7, 11) is 1.73. The second-order valence-electron chi connectivity index (χ2n) is 5.66. The maximum absolute atomic E-state index is 5.34. The lowest BCUT2D eigenvalue weighted by atomic mass is 10.00. The predicted molar refractivity (Wildman–Crippen MR) is 89.5 cm³/mol. The molecule has 1 N–H and O–H groups in total. The summed E-state index contributed by atoms with van der Waals surface area (Å²) in [6.07, 6.45) is 4.93. The van der Waals surface area contributed by atoms with Gasteiger partial charge in [-0.1, -0.05) is 25.1 Å². The Kier molecular flexibility index (Phi) is 4.61. The molecule has 1 unspecified atom stereocenters. The van der Waals surface area contributed by atoms with E-state index in [1.165, 1.54) is 35.3 Å². The molecule has 0 amide bonds. The van der Waals surface area contributed by atoms with Crippen molar-refractivity contribution in [2.24, 2.45) is 0 Å². The number of methoxy groups -OCH3 is 1. The molecule has 1 aromatic heterocycles. The van der Waals surface area contributed by atoms with Crippen molar-refractivity contribution in [2.45, 2.75) is 38.6 Å². The normalized spacial score (nSPS) is 15.0. The Labute approximate surface area is 131 Å². The molecule has 1 heterocycles. The van der Waals surface area contributed by atoms with E-state index in [4.69, 9.17) is 4.74 Å². The number of hydrogen-bond donors (Lipinski definition) is 1. The first-order chi connectivity index (χ1) is 10.3. The monoisotopic (exact) mass is 301 g/mol. The van der Waals surface area contributed by atoms with Gasteiger partial charge in [0.2, 0.25) is 0 Å². The predicted octanol–water partition coefficient (Wildman–Crippen LogP) is 4.33. The summed E-state index contributed by atoms with van der Waals surface area (Å²) in [5.74, 6) is 0.958. The Morgan fingerprint density at radius 3 is 2.86 bits per heavy atom. The van der Waals surface area contributed by atoms with Crippen molar-refractivity contribution >= 4 is 11.3 Å². The van der Waals surface area contributed by atoms with Crippen molar-refractivity contribution in [3.63, 3.8) is 0 Å². The molecule has 3 heteroatoms. The van der Waals surface area contributed by atoms with Gasteiger partial charge in [-0.15, -0.1) is 11.3 Å². The molecule has 0 bridgehead atoms. The van der Waals surface area contributed by atoms with Crippen LogP contribution in [0.3, 0.4) is 0 Å². The van der Waals surface area contributed by atoms with Crippen LogP contribution in [-0.4, -0.2) is 13.7 Å². The second kappa shape index (κ2) is 6.63. The third-order valence-electron chi connectivity index (χ3n) is 4.17. The molecule has 0 fully saturated rings. The molecule has 0 saturated heterocycles. The van der Waals surface area contributed by atoms with Crippen LogP contribution in [0, 0.1) is 0 Å². The van der Waals surface area contributed by atoms with E-state index in [1.54, 1.807) is 24.0 Å². The highest BCUT2D eigenvalue weighted by atomic mass is 32.1. The Morgan fingerprint density at radius 1 is 1.24 bits per heavy atom. The van der Waals surface area contributed by atoms with Crippen LogP contribution in [0.15, 0.2) is 29.6 Å². The number of aryl methyl sites for hydroxylation is 2. The highest BCUT2D eigenvalue weighted by molar-refractivity contribution is 7.10. The highest BCUT2D eigenvalue weighted by Crippen LogP contribution is 2.33. The quantitative estimate of drug-likeness (QED) is 0.857. The van der Waals surface area contributed by atoms with Crippen molar-refractivity contribution in [3.05, 3.63) is 51.2 Å². The molecule has 3 rings (SSSR count). The van der Waals surface area contributed by atoms with Gasteiger partial charge >= 0.3 is 0 Å². The van der Waals surface area contributed by atoms with Gasteiger partial charge in [-0.25, -0.2) is 0 Å². The van der Waals surface area contributed by atoms with Crippen molar-refractivity contribution < 1.29 is 4.74 Å². The highest BCUT2D eigenvalue weighted by Gasteiger charge is 2.19. The zero-order valence-electron chi connectivity index (χ0n) is 12.8. The number of hydrogen-bond acceptors (Lipinski definition) is 3. The molecule has 112 valence electrons. The van der Waals surface area contributed by atoms with Gasteiger partial charge < -0.3 is 10.1 Å². The Hall–Kier alpha value is -1.32. The number of fused-ring (bicyclic) bond motifs is 1. The smallest absolute Gasteiger partial charge is 0.129 e. The SMILES string of the molecule is CCCNC(c1ccc2c(c1)CCC2)c1cc(OC)cs1. The van der Waals surface area contributed by atoms with E-state index < -0.39 is 0 Å². The van der Waals surface area contributed by atoms with Crippen LogP contribution in [0.2, 0.25) is 0 Å². The maximum Gasteiger partial charge on any atom is 0.129 e. The van der Waals surface area contributed by atoms with Crippen LogP contribution in [0.5, 0.6) is 5.75 Å². The third kappa shape index (κ3) is 3.14. The summed E-state index contributed by atoms with van der Waals surface area (Å²) in [6, 6.07) is 9.46. The molecule has 2 aromatic rings. The summed E-state index contributed by atoms with van der Waals surface area (Å²) in [6.45, 7) is 3.24. The van der Waals surface area contributed by atoms with Crippen molar-refractivity contribution in [3.8, 4) is 5.75 Å². The van der Waals surface area contributed by atoms with E-state index in [2.05, 4.69) is 41.9 Å². The van der Waals surface area contributed by atoms with Crippen molar-refractivity contribution in [1.29, 1.82) is 0 Å². The fourth-order valence-electron chi connectivity index (χ4n) is 3.04. The van der Waals surface area contributed by atoms with Crippen LogP contribution >= 0.6 is 11.3 Å². The lowest BCUT2D eigenvalue weighted by Crippen LogP contribution is -2.22. The molecule has 1 atom stereocenters. The molecule has 0 radical (unpaired) electrons. The van der Waals surface area contributed by atoms with Gasteiger partial charge in [0, 0.05) is 10.3 Å². The minimum Gasteiger partial charge on any atom is -0.496 e. The van der Waals surface area contributed by atoms with Gasteiger partial charge in [0.15, 0.2) is 0 Å². The minimum atomic E-state index is 0.282. The average Bonchev–Trinajstić information content (AvgIpc) is 3.16. The molecule has 0 aliphatic heterocycles. The zero-order valence-corrected chi connectivity index (χ0v) is 13.6. The molecule has 1 aromatic carbocycles. The van der Waals surface area contributed by atoms with Crippen LogP contribution in [-0.2, 0) is 12.8 Å². The first kappa shape index (κ1) is 14.6. The van der Waals surface area contributed by atoms with E-state index in [0.29, 0.717) is 0 Å². The van der Waals surface area contributed by atoms with Gasteiger partial charge in [-0.3, -0.25) is 0 Å². The Morgan fingerprint density at radius 2 is 2.10 bits per heavy atom. The lowest BCUT2D eigenvalue weighted by Gasteiger charge is -2.18. The molecule has 2 nitrogen and oxygen atoms in total. The standard InChI is InChI=1S/C18H23NOS/c1-3-9-19-18(17-11-16(20-2)12-21-17)15-8-7-13-5-4-6-14(13)10-15/h7-8,10-12,18-19H,3-6,9H2,1-2H3. The Bertz CT molecular complexity index is 605. The van der Waals surface area contributed by atoms with Gasteiger partial charge in [-0.05, 0) is 55.0 Å². The van der Waals surface area contributed by atoms with Gasteiger partial charge in [0.1, 0.15) is 5.75 Å². The van der Waals surface area contributed by atoms with Crippen LogP contribution in [0.4, 0.5) is 0 Å². The van der Waals surface area contributed by atoms with Gasteiger partial charge in [0.05, 0.1) is 13.2 Å². The largest absolute Gasteiger partial charge is 0.496 e. The summed E-state index contributed by atoms with van der Waals surface area (Å²) in [5.41, 5.74) is 4.46. The maximum atomic E-state index is 5.34. The number of ether oxygens (including phenoxy) is 1. The number of nitrogens with one attached hydrogen (secondary N) is 1.